The average Bonchev–Trinajstić information content (AvgIpc) is 2.48. The summed E-state index contributed by atoms with van der Waals surface area (Å²) >= 11 is 0. The molecule has 0 saturated carbocycles. The summed E-state index contributed by atoms with van der Waals surface area (Å²) in [6, 6.07) is 11.2. The highest BCUT2D eigenvalue weighted by Gasteiger charge is 2.21. The highest BCUT2D eigenvalue weighted by molar-refractivity contribution is 5.69. The fraction of sp³-hybridized carbons (Fsp3) is 0.588. The molecule has 0 radical (unpaired) electrons. The smallest absolute Gasteiger partial charge is 0.305 e. The fourth-order valence-corrected chi connectivity index (χ4v) is 2.85. The van der Waals surface area contributed by atoms with E-state index in [0.717, 1.165) is 19.4 Å². The summed E-state index contributed by atoms with van der Waals surface area (Å²) in [5, 5.41) is 3.62. The second-order valence-electron chi connectivity index (χ2n) is 5.58. The minimum Gasteiger partial charge on any atom is -0.466 e. The zero-order valence-corrected chi connectivity index (χ0v) is 12.3. The van der Waals surface area contributed by atoms with Crippen LogP contribution in [0.4, 0.5) is 0 Å². The van der Waals surface area contributed by atoms with Gasteiger partial charge in [0.05, 0.1) is 6.61 Å². The summed E-state index contributed by atoms with van der Waals surface area (Å²) in [6.07, 6.45) is 5.02. The van der Waals surface area contributed by atoms with Crippen molar-refractivity contribution in [2.75, 3.05) is 13.2 Å². The van der Waals surface area contributed by atoms with Gasteiger partial charge in [-0.05, 0) is 50.6 Å². The van der Waals surface area contributed by atoms with Crippen LogP contribution in [0.2, 0.25) is 0 Å². The van der Waals surface area contributed by atoms with E-state index in [2.05, 4.69) is 35.6 Å². The van der Waals surface area contributed by atoms with Crippen LogP contribution in [-0.2, 0) is 16.0 Å². The lowest BCUT2D eigenvalue weighted by Gasteiger charge is -2.30. The first-order valence-electron chi connectivity index (χ1n) is 7.71. The van der Waals surface area contributed by atoms with Crippen LogP contribution in [0.3, 0.4) is 0 Å². The van der Waals surface area contributed by atoms with E-state index in [9.17, 15) is 4.79 Å². The molecular weight excluding hydrogens is 250 g/mol. The van der Waals surface area contributed by atoms with Gasteiger partial charge in [-0.1, -0.05) is 30.3 Å². The quantitative estimate of drug-likeness (QED) is 0.811. The summed E-state index contributed by atoms with van der Waals surface area (Å²) in [5.41, 5.74) is 1.40. The Hall–Kier alpha value is -1.35. The van der Waals surface area contributed by atoms with Gasteiger partial charge in [0.2, 0.25) is 0 Å². The van der Waals surface area contributed by atoms with Gasteiger partial charge in [0.25, 0.3) is 0 Å². The Morgan fingerprint density at radius 1 is 1.30 bits per heavy atom. The van der Waals surface area contributed by atoms with Gasteiger partial charge in [0, 0.05) is 12.5 Å². The molecule has 1 saturated heterocycles. The molecule has 1 aliphatic heterocycles. The predicted molar refractivity (Wildman–Crippen MR) is 80.5 cm³/mol. The molecule has 0 spiro atoms. The van der Waals surface area contributed by atoms with Gasteiger partial charge in [-0.15, -0.1) is 0 Å². The van der Waals surface area contributed by atoms with Crippen LogP contribution in [-0.4, -0.2) is 25.2 Å². The van der Waals surface area contributed by atoms with E-state index in [1.54, 1.807) is 0 Å². The van der Waals surface area contributed by atoms with E-state index in [0.29, 0.717) is 25.0 Å². The van der Waals surface area contributed by atoms with Crippen LogP contribution in [0.1, 0.15) is 38.2 Å². The Balaban J connectivity index is 1.66. The number of esters is 1. The monoisotopic (exact) mass is 275 g/mol. The number of benzene rings is 1. The third-order valence-electron chi connectivity index (χ3n) is 4.01. The van der Waals surface area contributed by atoms with Crippen molar-refractivity contribution in [2.24, 2.45) is 5.92 Å². The van der Waals surface area contributed by atoms with E-state index < -0.39 is 0 Å². The first-order chi connectivity index (χ1) is 9.78. The second kappa shape index (κ2) is 8.05. The lowest BCUT2D eigenvalue weighted by Crippen LogP contribution is -2.40. The molecule has 1 N–H and O–H groups in total. The number of ether oxygens (including phenoxy) is 1. The van der Waals surface area contributed by atoms with Crippen molar-refractivity contribution in [2.45, 2.75) is 45.1 Å². The highest BCUT2D eigenvalue weighted by atomic mass is 16.5. The fourth-order valence-electron chi connectivity index (χ4n) is 2.85. The molecule has 1 heterocycles. The van der Waals surface area contributed by atoms with Crippen LogP contribution in [0.25, 0.3) is 0 Å². The van der Waals surface area contributed by atoms with Crippen molar-refractivity contribution < 1.29 is 9.53 Å². The van der Waals surface area contributed by atoms with E-state index in [4.69, 9.17) is 4.74 Å². The zero-order chi connectivity index (χ0) is 14.2. The Kier molecular flexibility index (Phi) is 6.06. The van der Waals surface area contributed by atoms with Crippen molar-refractivity contribution in [3.8, 4) is 0 Å². The van der Waals surface area contributed by atoms with Crippen LogP contribution in [0.15, 0.2) is 30.3 Å². The summed E-state index contributed by atoms with van der Waals surface area (Å²) in [5.74, 6) is 0.560. The van der Waals surface area contributed by atoms with Crippen LogP contribution >= 0.6 is 0 Å². The Morgan fingerprint density at radius 3 is 2.75 bits per heavy atom. The molecule has 3 nitrogen and oxygen atoms in total. The molecule has 2 unspecified atom stereocenters. The molecule has 0 amide bonds. The predicted octanol–water partition coefficient (Wildman–Crippen LogP) is 2.94. The van der Waals surface area contributed by atoms with E-state index in [-0.39, 0.29) is 5.97 Å². The van der Waals surface area contributed by atoms with Gasteiger partial charge in [0.1, 0.15) is 0 Å². The normalized spacial score (nSPS) is 22.4. The minimum absolute atomic E-state index is 0.0566. The maximum absolute atomic E-state index is 11.3. The number of carbonyl (C=O) groups is 1. The summed E-state index contributed by atoms with van der Waals surface area (Å²) in [4.78, 5) is 11.3. The van der Waals surface area contributed by atoms with Crippen LogP contribution in [0.5, 0.6) is 0 Å². The largest absolute Gasteiger partial charge is 0.466 e. The summed E-state index contributed by atoms with van der Waals surface area (Å²) < 4.78 is 4.97. The number of nitrogens with one attached hydrogen (secondary N) is 1. The molecule has 0 aliphatic carbocycles. The number of rotatable bonds is 6. The second-order valence-corrected chi connectivity index (χ2v) is 5.58. The number of hydrogen-bond donors (Lipinski definition) is 1. The minimum atomic E-state index is -0.0566. The molecule has 1 aromatic rings. The molecule has 1 aromatic carbocycles. The first kappa shape index (κ1) is 15.0. The van der Waals surface area contributed by atoms with Crippen LogP contribution < -0.4 is 5.32 Å². The average molecular weight is 275 g/mol. The summed E-state index contributed by atoms with van der Waals surface area (Å²) in [6.45, 7) is 3.37. The Morgan fingerprint density at radius 2 is 2.10 bits per heavy atom. The number of carbonyl (C=O) groups excluding carboxylic acids is 1. The number of hydrogen-bond acceptors (Lipinski definition) is 3. The van der Waals surface area contributed by atoms with Crippen LogP contribution in [0, 0.1) is 5.92 Å². The number of piperidine rings is 1. The lowest BCUT2D eigenvalue weighted by molar-refractivity contribution is -0.143. The topological polar surface area (TPSA) is 38.3 Å². The van der Waals surface area contributed by atoms with Gasteiger partial charge in [0.15, 0.2) is 0 Å². The first-order valence-corrected chi connectivity index (χ1v) is 7.71. The third-order valence-corrected chi connectivity index (χ3v) is 4.01. The van der Waals surface area contributed by atoms with Gasteiger partial charge in [-0.25, -0.2) is 0 Å². The van der Waals surface area contributed by atoms with E-state index >= 15 is 0 Å². The highest BCUT2D eigenvalue weighted by Crippen LogP contribution is 2.21. The van der Waals surface area contributed by atoms with Crippen molar-refractivity contribution >= 4 is 5.97 Å². The summed E-state index contributed by atoms with van der Waals surface area (Å²) in [7, 11) is 0. The Labute approximate surface area is 121 Å². The molecule has 2 rings (SSSR count). The van der Waals surface area contributed by atoms with Crippen molar-refractivity contribution in [3.05, 3.63) is 35.9 Å². The van der Waals surface area contributed by atoms with E-state index in [1.807, 2.05) is 6.92 Å². The Bertz CT molecular complexity index is 397. The molecule has 110 valence electrons. The van der Waals surface area contributed by atoms with Crippen molar-refractivity contribution in [3.63, 3.8) is 0 Å². The van der Waals surface area contributed by atoms with Gasteiger partial charge >= 0.3 is 5.97 Å². The lowest BCUT2D eigenvalue weighted by atomic mass is 9.89. The molecule has 1 aliphatic rings. The molecule has 0 bridgehead atoms. The van der Waals surface area contributed by atoms with E-state index in [1.165, 1.54) is 18.4 Å². The molecular formula is C17H25NO2. The van der Waals surface area contributed by atoms with Gasteiger partial charge in [-0.2, -0.15) is 0 Å². The maximum Gasteiger partial charge on any atom is 0.305 e. The molecule has 20 heavy (non-hydrogen) atoms. The molecule has 2 atom stereocenters. The maximum atomic E-state index is 11.3. The molecule has 0 aromatic heterocycles. The van der Waals surface area contributed by atoms with Crippen molar-refractivity contribution in [1.82, 2.24) is 5.32 Å². The molecule has 1 fully saturated rings. The van der Waals surface area contributed by atoms with Gasteiger partial charge in [-0.3, -0.25) is 4.79 Å². The standard InChI is InChI=1S/C17H25NO2/c1-2-20-17(19)11-9-15-8-10-16(18-13-15)12-14-6-4-3-5-7-14/h3-7,15-16,18H,2,8-13H2,1H3. The van der Waals surface area contributed by atoms with Crippen molar-refractivity contribution in [1.29, 1.82) is 0 Å². The zero-order valence-electron chi connectivity index (χ0n) is 12.3. The van der Waals surface area contributed by atoms with Gasteiger partial charge < -0.3 is 10.1 Å². The third kappa shape index (κ3) is 4.97. The SMILES string of the molecule is CCOC(=O)CCC1CCC(Cc2ccccc2)NC1. The molecule has 3 heteroatoms.